The molecule has 0 spiro atoms. The molecule has 0 bridgehead atoms. The maximum atomic E-state index is 12.2. The summed E-state index contributed by atoms with van der Waals surface area (Å²) < 4.78 is 28.8. The van der Waals surface area contributed by atoms with E-state index in [-0.39, 0.29) is 5.03 Å². The van der Waals surface area contributed by atoms with Crippen LogP contribution in [0, 0.1) is 6.92 Å². The average molecular weight is 345 g/mol. The van der Waals surface area contributed by atoms with Crippen LogP contribution in [0.2, 0.25) is 0 Å². The molecular formula is C11H13BrN4O2S. The summed E-state index contributed by atoms with van der Waals surface area (Å²) in [6.45, 7) is 1.88. The van der Waals surface area contributed by atoms with Gasteiger partial charge in [0, 0.05) is 11.5 Å². The van der Waals surface area contributed by atoms with Crippen LogP contribution in [0.3, 0.4) is 0 Å². The van der Waals surface area contributed by atoms with E-state index >= 15 is 0 Å². The van der Waals surface area contributed by atoms with Crippen LogP contribution >= 0.6 is 15.9 Å². The van der Waals surface area contributed by atoms with E-state index in [1.807, 2.05) is 6.92 Å². The van der Waals surface area contributed by atoms with Crippen molar-refractivity contribution in [2.45, 2.75) is 11.9 Å². The van der Waals surface area contributed by atoms with E-state index in [1.54, 1.807) is 19.2 Å². The molecule has 0 fully saturated rings. The zero-order valence-electron chi connectivity index (χ0n) is 10.4. The van der Waals surface area contributed by atoms with Crippen molar-refractivity contribution in [3.63, 3.8) is 0 Å². The van der Waals surface area contributed by atoms with Gasteiger partial charge in [-0.05, 0) is 46.6 Å². The molecule has 0 unspecified atom stereocenters. The summed E-state index contributed by atoms with van der Waals surface area (Å²) in [6.07, 6.45) is 1.42. The van der Waals surface area contributed by atoms with Crippen molar-refractivity contribution in [2.75, 3.05) is 10.5 Å². The number of sulfonamides is 1. The van der Waals surface area contributed by atoms with Gasteiger partial charge in [-0.15, -0.1) is 0 Å². The molecule has 19 heavy (non-hydrogen) atoms. The highest BCUT2D eigenvalue weighted by Gasteiger charge is 2.20. The highest BCUT2D eigenvalue weighted by Crippen LogP contribution is 2.31. The van der Waals surface area contributed by atoms with Gasteiger partial charge < -0.3 is 5.73 Å². The second kappa shape index (κ2) is 4.86. The number of anilines is 2. The van der Waals surface area contributed by atoms with Crippen LogP contribution in [0.4, 0.5) is 11.4 Å². The molecule has 0 atom stereocenters. The molecule has 0 amide bonds. The molecule has 2 rings (SSSR count). The Morgan fingerprint density at radius 1 is 1.42 bits per heavy atom. The second-order valence-corrected chi connectivity index (χ2v) is 6.59. The number of hydrogen-bond donors (Lipinski definition) is 2. The van der Waals surface area contributed by atoms with Gasteiger partial charge in [-0.2, -0.15) is 13.5 Å². The van der Waals surface area contributed by atoms with E-state index < -0.39 is 10.0 Å². The fourth-order valence-corrected chi connectivity index (χ4v) is 3.75. The van der Waals surface area contributed by atoms with Gasteiger partial charge in [-0.3, -0.25) is 9.40 Å². The Morgan fingerprint density at radius 3 is 2.63 bits per heavy atom. The minimum Gasteiger partial charge on any atom is -0.397 e. The number of aromatic nitrogens is 2. The summed E-state index contributed by atoms with van der Waals surface area (Å²) in [5.41, 5.74) is 7.46. The largest absolute Gasteiger partial charge is 0.397 e. The molecule has 0 aliphatic carbocycles. The summed E-state index contributed by atoms with van der Waals surface area (Å²) in [5, 5.41) is 3.91. The third-order valence-corrected chi connectivity index (χ3v) is 4.60. The van der Waals surface area contributed by atoms with Crippen molar-refractivity contribution in [3.8, 4) is 0 Å². The highest BCUT2D eigenvalue weighted by molar-refractivity contribution is 9.10. The third-order valence-electron chi connectivity index (χ3n) is 2.55. The quantitative estimate of drug-likeness (QED) is 0.831. The van der Waals surface area contributed by atoms with Gasteiger partial charge in [-0.1, -0.05) is 0 Å². The third kappa shape index (κ3) is 2.74. The molecule has 102 valence electrons. The van der Waals surface area contributed by atoms with E-state index in [0.717, 1.165) is 5.56 Å². The van der Waals surface area contributed by atoms with E-state index in [9.17, 15) is 8.42 Å². The standard InChI is InChI=1S/C11H13BrN4O2S/c1-7-5-8(12)11(9(13)6-7)15-19(17,18)10-3-4-14-16(10)2/h3-6,15H,13H2,1-2H3. The first-order valence-electron chi connectivity index (χ1n) is 5.37. The molecule has 8 heteroatoms. The average Bonchev–Trinajstić information content (AvgIpc) is 2.70. The van der Waals surface area contributed by atoms with Crippen LogP contribution < -0.4 is 10.5 Å². The molecular weight excluding hydrogens is 332 g/mol. The fraction of sp³-hybridized carbons (Fsp3) is 0.182. The Morgan fingerprint density at radius 2 is 2.11 bits per heavy atom. The van der Waals surface area contributed by atoms with Crippen molar-refractivity contribution in [1.82, 2.24) is 9.78 Å². The van der Waals surface area contributed by atoms with Crippen molar-refractivity contribution in [3.05, 3.63) is 34.4 Å². The summed E-state index contributed by atoms with van der Waals surface area (Å²) in [5.74, 6) is 0. The number of rotatable bonds is 3. The first-order chi connectivity index (χ1) is 8.81. The lowest BCUT2D eigenvalue weighted by molar-refractivity contribution is 0.582. The van der Waals surface area contributed by atoms with Crippen LogP contribution in [0.5, 0.6) is 0 Å². The molecule has 0 saturated heterocycles. The molecule has 0 aliphatic heterocycles. The van der Waals surface area contributed by atoms with Gasteiger partial charge in [0.1, 0.15) is 0 Å². The van der Waals surface area contributed by atoms with Crippen molar-refractivity contribution < 1.29 is 8.42 Å². The summed E-state index contributed by atoms with van der Waals surface area (Å²) >= 11 is 3.30. The number of nitrogens with one attached hydrogen (secondary N) is 1. The molecule has 1 heterocycles. The number of hydrogen-bond acceptors (Lipinski definition) is 4. The van der Waals surface area contributed by atoms with E-state index in [0.29, 0.717) is 15.8 Å². The predicted molar refractivity (Wildman–Crippen MR) is 77.3 cm³/mol. The summed E-state index contributed by atoms with van der Waals surface area (Å²) in [4.78, 5) is 0. The van der Waals surface area contributed by atoms with E-state index in [4.69, 9.17) is 5.73 Å². The Labute approximate surface area is 119 Å². The molecule has 0 aliphatic rings. The molecule has 0 saturated carbocycles. The van der Waals surface area contributed by atoms with Crippen molar-refractivity contribution in [2.24, 2.45) is 7.05 Å². The first kappa shape index (κ1) is 13.9. The molecule has 1 aromatic heterocycles. The van der Waals surface area contributed by atoms with Crippen LogP contribution in [-0.4, -0.2) is 18.2 Å². The Hall–Kier alpha value is -1.54. The lowest BCUT2D eigenvalue weighted by Crippen LogP contribution is -2.17. The number of benzene rings is 1. The van der Waals surface area contributed by atoms with Crippen molar-refractivity contribution >= 4 is 37.3 Å². The van der Waals surface area contributed by atoms with Crippen LogP contribution in [0.25, 0.3) is 0 Å². The smallest absolute Gasteiger partial charge is 0.279 e. The maximum Gasteiger partial charge on any atom is 0.279 e. The Kier molecular flexibility index (Phi) is 3.55. The predicted octanol–water partition coefficient (Wildman–Crippen LogP) is 1.87. The molecule has 2 aromatic rings. The van der Waals surface area contributed by atoms with Crippen LogP contribution in [-0.2, 0) is 17.1 Å². The zero-order chi connectivity index (χ0) is 14.2. The molecule has 6 nitrogen and oxygen atoms in total. The lowest BCUT2D eigenvalue weighted by atomic mass is 10.2. The van der Waals surface area contributed by atoms with Gasteiger partial charge in [-0.25, -0.2) is 0 Å². The lowest BCUT2D eigenvalue weighted by Gasteiger charge is -2.13. The van der Waals surface area contributed by atoms with Gasteiger partial charge in [0.25, 0.3) is 10.0 Å². The Bertz CT molecular complexity index is 701. The number of halogens is 1. The topological polar surface area (TPSA) is 90.0 Å². The minimum absolute atomic E-state index is 0.0689. The normalized spacial score (nSPS) is 11.5. The van der Waals surface area contributed by atoms with Gasteiger partial charge in [0.05, 0.1) is 17.6 Å². The van der Waals surface area contributed by atoms with Gasteiger partial charge in [0.2, 0.25) is 0 Å². The number of nitrogen functional groups attached to an aromatic ring is 1. The highest BCUT2D eigenvalue weighted by atomic mass is 79.9. The Balaban J connectivity index is 2.45. The zero-order valence-corrected chi connectivity index (χ0v) is 12.8. The van der Waals surface area contributed by atoms with Crippen molar-refractivity contribution in [1.29, 1.82) is 0 Å². The van der Waals surface area contributed by atoms with E-state index in [1.165, 1.54) is 16.9 Å². The van der Waals surface area contributed by atoms with Crippen LogP contribution in [0.15, 0.2) is 33.9 Å². The SMILES string of the molecule is Cc1cc(N)c(NS(=O)(=O)c2ccnn2C)c(Br)c1. The molecule has 3 N–H and O–H groups in total. The molecule has 1 aromatic carbocycles. The molecule has 0 radical (unpaired) electrons. The second-order valence-electron chi connectivity index (χ2n) is 4.11. The number of nitrogens with two attached hydrogens (primary N) is 1. The van der Waals surface area contributed by atoms with Gasteiger partial charge >= 0.3 is 0 Å². The minimum atomic E-state index is -3.72. The summed E-state index contributed by atoms with van der Waals surface area (Å²) in [6, 6.07) is 4.91. The maximum absolute atomic E-state index is 12.2. The fourth-order valence-electron chi connectivity index (χ4n) is 1.69. The number of nitrogens with zero attached hydrogens (tertiary/aromatic N) is 2. The van der Waals surface area contributed by atoms with Crippen LogP contribution in [0.1, 0.15) is 5.56 Å². The number of aryl methyl sites for hydroxylation is 2. The summed E-state index contributed by atoms with van der Waals surface area (Å²) in [7, 11) is -2.16. The van der Waals surface area contributed by atoms with Gasteiger partial charge in [0.15, 0.2) is 5.03 Å². The van der Waals surface area contributed by atoms with E-state index in [2.05, 4.69) is 25.8 Å². The monoisotopic (exact) mass is 344 g/mol. The first-order valence-corrected chi connectivity index (χ1v) is 7.65.